The van der Waals surface area contributed by atoms with Crippen molar-refractivity contribution in [2.75, 3.05) is 18.5 Å². The topological polar surface area (TPSA) is 83.7 Å². The zero-order valence-electron chi connectivity index (χ0n) is 14.0. The number of benzene rings is 1. The Morgan fingerprint density at radius 3 is 2.83 bits per heavy atom. The van der Waals surface area contributed by atoms with E-state index in [1.54, 1.807) is 24.3 Å². The van der Waals surface area contributed by atoms with Gasteiger partial charge in [-0.3, -0.25) is 0 Å². The van der Waals surface area contributed by atoms with Gasteiger partial charge >= 0.3 is 6.03 Å². The van der Waals surface area contributed by atoms with Gasteiger partial charge in [0.15, 0.2) is 0 Å². The maximum atomic E-state index is 11.9. The molecule has 130 valence electrons. The van der Waals surface area contributed by atoms with E-state index >= 15 is 0 Å². The number of ether oxygens (including phenoxy) is 1. The van der Waals surface area contributed by atoms with E-state index in [1.807, 2.05) is 12.1 Å². The van der Waals surface area contributed by atoms with Crippen molar-refractivity contribution in [3.05, 3.63) is 48.4 Å². The van der Waals surface area contributed by atoms with Gasteiger partial charge in [0.25, 0.3) is 0 Å². The molecule has 24 heavy (non-hydrogen) atoms. The number of amides is 2. The molecule has 2 rings (SSSR count). The number of carbonyl (C=O) groups is 1. The molecule has 3 N–H and O–H groups in total. The minimum Gasteiger partial charge on any atom is -0.494 e. The number of anilines is 1. The van der Waals surface area contributed by atoms with Crippen molar-refractivity contribution in [1.29, 1.82) is 0 Å². The lowest BCUT2D eigenvalue weighted by Crippen LogP contribution is -2.32. The monoisotopic (exact) mass is 332 g/mol. The highest BCUT2D eigenvalue weighted by atomic mass is 16.5. The SMILES string of the molecule is CC(C)CCOc1cccc(NC(=O)NCC(O)c2ccco2)c1. The van der Waals surface area contributed by atoms with E-state index in [-0.39, 0.29) is 6.54 Å². The maximum absolute atomic E-state index is 11.9. The Labute approximate surface area is 141 Å². The molecule has 0 spiro atoms. The summed E-state index contributed by atoms with van der Waals surface area (Å²) in [6, 6.07) is 10.1. The van der Waals surface area contributed by atoms with Crippen LogP contribution in [0.5, 0.6) is 5.75 Å². The van der Waals surface area contributed by atoms with Crippen LogP contribution in [0.3, 0.4) is 0 Å². The molecule has 2 amide bonds. The molecule has 6 nitrogen and oxygen atoms in total. The Balaban J connectivity index is 1.78. The van der Waals surface area contributed by atoms with Crippen LogP contribution in [-0.2, 0) is 0 Å². The normalized spacial score (nSPS) is 12.0. The molecule has 0 bridgehead atoms. The second kappa shape index (κ2) is 8.98. The standard InChI is InChI=1S/C18H24N2O4/c1-13(2)8-10-23-15-6-3-5-14(11-15)20-18(22)19-12-16(21)17-7-4-9-24-17/h3-7,9,11,13,16,21H,8,10,12H2,1-2H3,(H2,19,20,22). The predicted molar refractivity (Wildman–Crippen MR) is 92.1 cm³/mol. The number of hydrogen-bond donors (Lipinski definition) is 3. The Bertz CT molecular complexity index is 626. The van der Waals surface area contributed by atoms with Crippen molar-refractivity contribution in [3.63, 3.8) is 0 Å². The Morgan fingerprint density at radius 2 is 2.12 bits per heavy atom. The van der Waals surface area contributed by atoms with Crippen LogP contribution in [-0.4, -0.2) is 24.3 Å². The highest BCUT2D eigenvalue weighted by Gasteiger charge is 2.12. The summed E-state index contributed by atoms with van der Waals surface area (Å²) in [5, 5.41) is 15.2. The van der Waals surface area contributed by atoms with E-state index in [1.165, 1.54) is 6.26 Å². The summed E-state index contributed by atoms with van der Waals surface area (Å²) in [6.07, 6.45) is 1.57. The molecule has 1 aromatic carbocycles. The molecule has 2 aromatic rings. The minimum atomic E-state index is -0.878. The number of aliphatic hydroxyl groups excluding tert-OH is 1. The van der Waals surface area contributed by atoms with Gasteiger partial charge in [0.05, 0.1) is 19.4 Å². The molecule has 0 saturated carbocycles. The van der Waals surface area contributed by atoms with Crippen LogP contribution in [0, 0.1) is 5.92 Å². The van der Waals surface area contributed by atoms with Crippen molar-refractivity contribution >= 4 is 11.7 Å². The van der Waals surface area contributed by atoms with Crippen LogP contribution in [0.4, 0.5) is 10.5 Å². The van der Waals surface area contributed by atoms with Crippen molar-refractivity contribution in [2.45, 2.75) is 26.4 Å². The number of urea groups is 1. The molecule has 0 fully saturated rings. The van der Waals surface area contributed by atoms with Gasteiger partial charge in [-0.2, -0.15) is 0 Å². The highest BCUT2D eigenvalue weighted by Crippen LogP contribution is 2.18. The first-order valence-corrected chi connectivity index (χ1v) is 8.04. The molecular weight excluding hydrogens is 308 g/mol. The smallest absolute Gasteiger partial charge is 0.319 e. The van der Waals surface area contributed by atoms with E-state index in [9.17, 15) is 9.90 Å². The van der Waals surface area contributed by atoms with Gasteiger partial charge in [-0.15, -0.1) is 0 Å². The molecular formula is C18H24N2O4. The Morgan fingerprint density at radius 1 is 1.29 bits per heavy atom. The molecule has 6 heteroatoms. The largest absolute Gasteiger partial charge is 0.494 e. The molecule has 1 atom stereocenters. The van der Waals surface area contributed by atoms with Crippen LogP contribution in [0.2, 0.25) is 0 Å². The van der Waals surface area contributed by atoms with Crippen LogP contribution >= 0.6 is 0 Å². The first-order chi connectivity index (χ1) is 11.5. The van der Waals surface area contributed by atoms with Crippen LogP contribution in [0.15, 0.2) is 47.1 Å². The van der Waals surface area contributed by atoms with Gasteiger partial charge in [0.1, 0.15) is 17.6 Å². The lowest BCUT2D eigenvalue weighted by Gasteiger charge is -2.12. The molecule has 0 aliphatic rings. The highest BCUT2D eigenvalue weighted by molar-refractivity contribution is 5.89. The van der Waals surface area contributed by atoms with Crippen molar-refractivity contribution < 1.29 is 19.1 Å². The summed E-state index contributed by atoms with van der Waals surface area (Å²) in [6.45, 7) is 4.98. The zero-order valence-corrected chi connectivity index (χ0v) is 14.0. The summed E-state index contributed by atoms with van der Waals surface area (Å²) in [5.74, 6) is 1.71. The van der Waals surface area contributed by atoms with Crippen LogP contribution in [0.1, 0.15) is 32.1 Å². The number of aliphatic hydroxyl groups is 1. The van der Waals surface area contributed by atoms with E-state index in [4.69, 9.17) is 9.15 Å². The quantitative estimate of drug-likeness (QED) is 0.690. The van der Waals surface area contributed by atoms with Gasteiger partial charge in [0, 0.05) is 11.8 Å². The average Bonchev–Trinajstić information content (AvgIpc) is 3.07. The number of nitrogens with one attached hydrogen (secondary N) is 2. The summed E-state index contributed by atoms with van der Waals surface area (Å²) in [7, 11) is 0. The van der Waals surface area contributed by atoms with E-state index < -0.39 is 12.1 Å². The number of carbonyl (C=O) groups excluding carboxylic acids is 1. The average molecular weight is 332 g/mol. The summed E-state index contributed by atoms with van der Waals surface area (Å²) in [5.41, 5.74) is 0.627. The van der Waals surface area contributed by atoms with E-state index in [0.717, 1.165) is 6.42 Å². The van der Waals surface area contributed by atoms with Gasteiger partial charge in [-0.25, -0.2) is 4.79 Å². The van der Waals surface area contributed by atoms with Crippen molar-refractivity contribution in [1.82, 2.24) is 5.32 Å². The minimum absolute atomic E-state index is 0.0595. The van der Waals surface area contributed by atoms with Gasteiger partial charge in [0.2, 0.25) is 0 Å². The first-order valence-electron chi connectivity index (χ1n) is 8.04. The van der Waals surface area contributed by atoms with E-state index in [0.29, 0.717) is 29.7 Å². The summed E-state index contributed by atoms with van der Waals surface area (Å²) < 4.78 is 10.7. The van der Waals surface area contributed by atoms with Crippen molar-refractivity contribution in [3.8, 4) is 5.75 Å². The maximum Gasteiger partial charge on any atom is 0.319 e. The fraction of sp³-hybridized carbons (Fsp3) is 0.389. The van der Waals surface area contributed by atoms with Crippen molar-refractivity contribution in [2.24, 2.45) is 5.92 Å². The molecule has 1 heterocycles. The third-order valence-electron chi connectivity index (χ3n) is 3.38. The van der Waals surface area contributed by atoms with Crippen LogP contribution in [0.25, 0.3) is 0 Å². The summed E-state index contributed by atoms with van der Waals surface area (Å²) >= 11 is 0. The zero-order chi connectivity index (χ0) is 17.4. The second-order valence-corrected chi connectivity index (χ2v) is 5.93. The summed E-state index contributed by atoms with van der Waals surface area (Å²) in [4.78, 5) is 11.9. The van der Waals surface area contributed by atoms with Gasteiger partial charge < -0.3 is 24.9 Å². The lowest BCUT2D eigenvalue weighted by molar-refractivity contribution is 0.149. The van der Waals surface area contributed by atoms with E-state index in [2.05, 4.69) is 24.5 Å². The molecule has 0 aliphatic carbocycles. The van der Waals surface area contributed by atoms with Gasteiger partial charge in [-0.05, 0) is 36.6 Å². The number of furan rings is 1. The third kappa shape index (κ3) is 5.96. The fourth-order valence-corrected chi connectivity index (χ4v) is 2.02. The molecule has 1 aromatic heterocycles. The Kier molecular flexibility index (Phi) is 6.69. The number of hydrogen-bond acceptors (Lipinski definition) is 4. The first kappa shape index (κ1) is 17.9. The fourth-order valence-electron chi connectivity index (χ4n) is 2.02. The molecule has 0 saturated heterocycles. The predicted octanol–water partition coefficient (Wildman–Crippen LogP) is 3.56. The van der Waals surface area contributed by atoms with Crippen LogP contribution < -0.4 is 15.4 Å². The molecule has 0 aliphatic heterocycles. The van der Waals surface area contributed by atoms with Gasteiger partial charge in [-0.1, -0.05) is 19.9 Å². The number of rotatable bonds is 8. The third-order valence-corrected chi connectivity index (χ3v) is 3.38. The Hall–Kier alpha value is -2.47. The molecule has 1 unspecified atom stereocenters. The lowest BCUT2D eigenvalue weighted by atomic mass is 10.1. The molecule has 0 radical (unpaired) electrons. The second-order valence-electron chi connectivity index (χ2n) is 5.93.